The van der Waals surface area contributed by atoms with Crippen molar-refractivity contribution >= 4 is 23.2 Å². The summed E-state index contributed by atoms with van der Waals surface area (Å²) in [5.41, 5.74) is 4.39. The lowest BCUT2D eigenvalue weighted by atomic mass is 9.99. The number of benzene rings is 3. The molecular formula is C25H25NO2. The van der Waals surface area contributed by atoms with Crippen LogP contribution in [-0.4, -0.2) is 13.0 Å². The number of rotatable bonds is 6. The second kappa shape index (κ2) is 9.05. The van der Waals surface area contributed by atoms with Crippen LogP contribution < -0.4 is 10.1 Å². The molecule has 0 aliphatic rings. The van der Waals surface area contributed by atoms with Crippen LogP contribution in [0, 0.1) is 0 Å². The molecule has 0 aromatic heterocycles. The van der Waals surface area contributed by atoms with Crippen molar-refractivity contribution in [1.82, 2.24) is 0 Å². The molecule has 0 aliphatic heterocycles. The molecule has 1 N–H and O–H groups in total. The zero-order chi connectivity index (χ0) is 19.9. The number of amides is 1. The number of hydrogen-bond acceptors (Lipinski definition) is 2. The minimum atomic E-state index is -0.130. The van der Waals surface area contributed by atoms with Crippen LogP contribution in [-0.2, 0) is 4.79 Å². The van der Waals surface area contributed by atoms with Gasteiger partial charge in [0, 0.05) is 11.3 Å². The van der Waals surface area contributed by atoms with Gasteiger partial charge in [-0.25, -0.2) is 0 Å². The molecule has 0 atom stereocenters. The summed E-state index contributed by atoms with van der Waals surface area (Å²) in [7, 11) is 1.64. The van der Waals surface area contributed by atoms with Crippen molar-refractivity contribution in [2.24, 2.45) is 0 Å². The highest BCUT2D eigenvalue weighted by molar-refractivity contribution is 6.29. The summed E-state index contributed by atoms with van der Waals surface area (Å²) in [4.78, 5) is 13.2. The first kappa shape index (κ1) is 19.4. The number of para-hydroxylation sites is 1. The summed E-state index contributed by atoms with van der Waals surface area (Å²) >= 11 is 0. The zero-order valence-electron chi connectivity index (χ0n) is 16.5. The molecule has 3 nitrogen and oxygen atoms in total. The molecule has 3 rings (SSSR count). The van der Waals surface area contributed by atoms with E-state index < -0.39 is 0 Å². The Hall–Kier alpha value is -3.33. The van der Waals surface area contributed by atoms with E-state index >= 15 is 0 Å². The topological polar surface area (TPSA) is 38.3 Å². The van der Waals surface area contributed by atoms with E-state index in [1.165, 1.54) is 0 Å². The predicted molar refractivity (Wildman–Crippen MR) is 116 cm³/mol. The Balaban J connectivity index is 1.97. The lowest BCUT2D eigenvalue weighted by Gasteiger charge is -2.15. The van der Waals surface area contributed by atoms with Crippen molar-refractivity contribution in [2.75, 3.05) is 12.4 Å². The first-order valence-electron chi connectivity index (χ1n) is 9.40. The second-order valence-corrected chi connectivity index (χ2v) is 6.89. The summed E-state index contributed by atoms with van der Waals surface area (Å²) in [5.74, 6) is 0.978. The smallest absolute Gasteiger partial charge is 0.256 e. The van der Waals surface area contributed by atoms with Crippen molar-refractivity contribution in [2.45, 2.75) is 19.8 Å². The third-order valence-corrected chi connectivity index (χ3v) is 4.59. The Morgan fingerprint density at radius 1 is 0.893 bits per heavy atom. The third kappa shape index (κ3) is 4.68. The van der Waals surface area contributed by atoms with E-state index in [0.717, 1.165) is 28.1 Å². The predicted octanol–water partition coefficient (Wildman–Crippen LogP) is 6.00. The van der Waals surface area contributed by atoms with E-state index in [4.69, 9.17) is 4.74 Å². The first-order chi connectivity index (χ1) is 13.6. The van der Waals surface area contributed by atoms with Crippen LogP contribution in [0.2, 0.25) is 0 Å². The zero-order valence-corrected chi connectivity index (χ0v) is 16.5. The molecule has 28 heavy (non-hydrogen) atoms. The highest BCUT2D eigenvalue weighted by atomic mass is 16.5. The van der Waals surface area contributed by atoms with Crippen LogP contribution in [0.25, 0.3) is 11.6 Å². The fraction of sp³-hybridized carbons (Fsp3) is 0.160. The molecule has 3 heteroatoms. The maximum atomic E-state index is 13.2. The van der Waals surface area contributed by atoms with Gasteiger partial charge in [0.1, 0.15) is 5.75 Å². The quantitative estimate of drug-likeness (QED) is 0.426. The Morgan fingerprint density at radius 3 is 2.18 bits per heavy atom. The maximum absolute atomic E-state index is 13.2. The summed E-state index contributed by atoms with van der Waals surface area (Å²) in [6.45, 7) is 4.24. The Bertz CT molecular complexity index is 957. The second-order valence-electron chi connectivity index (χ2n) is 6.89. The molecule has 0 unspecified atom stereocenters. The van der Waals surface area contributed by atoms with Crippen molar-refractivity contribution < 1.29 is 9.53 Å². The number of nitrogens with one attached hydrogen (secondary N) is 1. The van der Waals surface area contributed by atoms with Gasteiger partial charge in [-0.3, -0.25) is 4.79 Å². The number of ether oxygens (including phenoxy) is 1. The van der Waals surface area contributed by atoms with Crippen molar-refractivity contribution in [3.05, 3.63) is 95.6 Å². The molecule has 0 saturated carbocycles. The molecular weight excluding hydrogens is 346 g/mol. The lowest BCUT2D eigenvalue weighted by molar-refractivity contribution is -0.111. The van der Waals surface area contributed by atoms with Gasteiger partial charge in [-0.2, -0.15) is 0 Å². The Kier molecular flexibility index (Phi) is 6.28. The first-order valence-corrected chi connectivity index (χ1v) is 9.40. The van der Waals surface area contributed by atoms with Gasteiger partial charge < -0.3 is 10.1 Å². The van der Waals surface area contributed by atoms with E-state index in [1.807, 2.05) is 78.9 Å². The largest absolute Gasteiger partial charge is 0.497 e. The van der Waals surface area contributed by atoms with E-state index in [2.05, 4.69) is 25.2 Å². The van der Waals surface area contributed by atoms with Gasteiger partial charge in [0.15, 0.2) is 0 Å². The SMILES string of the molecule is COc1ccc(/C=C(/C(=O)Nc2ccccc2C(C)C)c2ccccc2)cc1. The summed E-state index contributed by atoms with van der Waals surface area (Å²) in [5, 5.41) is 3.10. The van der Waals surface area contributed by atoms with Crippen molar-refractivity contribution in [3.8, 4) is 5.75 Å². The normalized spacial score (nSPS) is 11.4. The van der Waals surface area contributed by atoms with E-state index in [-0.39, 0.29) is 5.91 Å². The van der Waals surface area contributed by atoms with Gasteiger partial charge in [-0.05, 0) is 46.9 Å². The minimum Gasteiger partial charge on any atom is -0.497 e. The van der Waals surface area contributed by atoms with E-state index in [9.17, 15) is 4.79 Å². The van der Waals surface area contributed by atoms with Crippen LogP contribution in [0.1, 0.15) is 36.5 Å². The van der Waals surface area contributed by atoms with Gasteiger partial charge >= 0.3 is 0 Å². The highest BCUT2D eigenvalue weighted by Gasteiger charge is 2.15. The fourth-order valence-corrected chi connectivity index (χ4v) is 3.07. The highest BCUT2D eigenvalue weighted by Crippen LogP contribution is 2.26. The summed E-state index contributed by atoms with van der Waals surface area (Å²) in [6, 6.07) is 25.3. The summed E-state index contributed by atoms with van der Waals surface area (Å²) in [6.07, 6.45) is 1.90. The van der Waals surface area contributed by atoms with Crippen LogP contribution >= 0.6 is 0 Å². The van der Waals surface area contributed by atoms with Crippen LogP contribution in [0.4, 0.5) is 5.69 Å². The molecule has 0 bridgehead atoms. The van der Waals surface area contributed by atoms with Crippen molar-refractivity contribution in [3.63, 3.8) is 0 Å². The average Bonchev–Trinajstić information content (AvgIpc) is 2.73. The molecule has 0 fully saturated rings. The van der Waals surface area contributed by atoms with Crippen molar-refractivity contribution in [1.29, 1.82) is 0 Å². The number of carbonyl (C=O) groups is 1. The van der Waals surface area contributed by atoms with Crippen LogP contribution in [0.3, 0.4) is 0 Å². The molecule has 0 aliphatic carbocycles. The molecule has 1 amide bonds. The Morgan fingerprint density at radius 2 is 1.54 bits per heavy atom. The molecule has 0 radical (unpaired) electrons. The maximum Gasteiger partial charge on any atom is 0.256 e. The third-order valence-electron chi connectivity index (χ3n) is 4.59. The Labute approximate surface area is 166 Å². The van der Waals surface area contributed by atoms with E-state index in [1.54, 1.807) is 7.11 Å². The van der Waals surface area contributed by atoms with Gasteiger partial charge in [0.05, 0.1) is 7.11 Å². The number of carbonyl (C=O) groups excluding carboxylic acids is 1. The van der Waals surface area contributed by atoms with Gasteiger partial charge in [-0.1, -0.05) is 74.5 Å². The van der Waals surface area contributed by atoms with Gasteiger partial charge in [-0.15, -0.1) is 0 Å². The molecule has 3 aromatic carbocycles. The minimum absolute atomic E-state index is 0.130. The molecule has 3 aromatic rings. The van der Waals surface area contributed by atoms with Gasteiger partial charge in [0.2, 0.25) is 0 Å². The molecule has 142 valence electrons. The summed E-state index contributed by atoms with van der Waals surface area (Å²) < 4.78 is 5.22. The standard InChI is InChI=1S/C25H25NO2/c1-18(2)22-11-7-8-12-24(22)26-25(27)23(20-9-5-4-6-10-20)17-19-13-15-21(28-3)16-14-19/h4-18H,1-3H3,(H,26,27)/b23-17+. The fourth-order valence-electron chi connectivity index (χ4n) is 3.07. The molecule has 0 spiro atoms. The van der Waals surface area contributed by atoms with E-state index in [0.29, 0.717) is 11.5 Å². The van der Waals surface area contributed by atoms with Gasteiger partial charge in [0.25, 0.3) is 5.91 Å². The molecule has 0 heterocycles. The number of hydrogen-bond donors (Lipinski definition) is 1. The van der Waals surface area contributed by atoms with Crippen LogP contribution in [0.15, 0.2) is 78.9 Å². The monoisotopic (exact) mass is 371 g/mol. The molecule has 0 saturated heterocycles. The lowest BCUT2D eigenvalue weighted by Crippen LogP contribution is -2.15. The number of methoxy groups -OCH3 is 1. The average molecular weight is 371 g/mol. The van der Waals surface area contributed by atoms with Crippen LogP contribution in [0.5, 0.6) is 5.75 Å². The number of anilines is 1.